The lowest BCUT2D eigenvalue weighted by Gasteiger charge is -2.11. The third-order valence-corrected chi connectivity index (χ3v) is 2.30. The molecule has 0 saturated heterocycles. The minimum Gasteiger partial charge on any atom is -0.490 e. The van der Waals surface area contributed by atoms with Crippen LogP contribution in [-0.2, 0) is 4.79 Å². The van der Waals surface area contributed by atoms with E-state index in [9.17, 15) is 9.59 Å². The van der Waals surface area contributed by atoms with Gasteiger partial charge in [-0.1, -0.05) is 0 Å². The summed E-state index contributed by atoms with van der Waals surface area (Å²) in [4.78, 5) is 21.6. The van der Waals surface area contributed by atoms with Gasteiger partial charge in [-0.25, -0.2) is 0 Å². The van der Waals surface area contributed by atoms with E-state index in [1.165, 1.54) is 13.0 Å². The van der Waals surface area contributed by atoms with Crippen molar-refractivity contribution >= 4 is 28.2 Å². The number of aldehydes is 1. The molecule has 0 heterocycles. The van der Waals surface area contributed by atoms with Crippen LogP contribution >= 0.6 is 15.9 Å². The molecule has 0 aromatic heterocycles. The van der Waals surface area contributed by atoms with Crippen LogP contribution in [0.4, 0.5) is 0 Å². The maximum atomic E-state index is 10.9. The second-order valence-electron chi connectivity index (χ2n) is 2.97. The van der Waals surface area contributed by atoms with E-state index in [-0.39, 0.29) is 0 Å². The highest BCUT2D eigenvalue weighted by atomic mass is 79.9. The summed E-state index contributed by atoms with van der Waals surface area (Å²) in [6.45, 7) is 3.53. The van der Waals surface area contributed by atoms with E-state index in [4.69, 9.17) is 9.47 Å². The van der Waals surface area contributed by atoms with Gasteiger partial charge in [0.15, 0.2) is 11.5 Å². The summed E-state index contributed by atoms with van der Waals surface area (Å²) in [7, 11) is 0. The molecular weight excluding hydrogens is 276 g/mol. The number of carbonyl (C=O) groups is 2. The van der Waals surface area contributed by atoms with Crippen LogP contribution < -0.4 is 9.47 Å². The molecule has 0 amide bonds. The highest BCUT2D eigenvalue weighted by molar-refractivity contribution is 9.10. The van der Waals surface area contributed by atoms with Gasteiger partial charge in [0.25, 0.3) is 0 Å². The number of hydrogen-bond donors (Lipinski definition) is 0. The van der Waals surface area contributed by atoms with Gasteiger partial charge in [0.2, 0.25) is 0 Å². The Hall–Kier alpha value is -1.36. The Morgan fingerprint density at radius 1 is 1.50 bits per heavy atom. The lowest BCUT2D eigenvalue weighted by Crippen LogP contribution is -2.05. The molecule has 0 aliphatic carbocycles. The molecule has 0 atom stereocenters. The summed E-state index contributed by atoms with van der Waals surface area (Å²) in [6, 6.07) is 3.09. The highest BCUT2D eigenvalue weighted by Crippen LogP contribution is 2.36. The van der Waals surface area contributed by atoms with E-state index in [1.807, 2.05) is 0 Å². The molecule has 1 aromatic rings. The molecule has 4 nitrogen and oxygen atoms in total. The zero-order valence-electron chi connectivity index (χ0n) is 8.95. The van der Waals surface area contributed by atoms with Crippen molar-refractivity contribution in [2.24, 2.45) is 0 Å². The van der Waals surface area contributed by atoms with Crippen LogP contribution in [0.3, 0.4) is 0 Å². The standard InChI is InChI=1S/C11H11BrO4/c1-3-15-10-5-8(6-13)4-9(12)11(10)16-7(2)14/h4-6H,3H2,1-2H3. The number of hydrogen-bond acceptors (Lipinski definition) is 4. The second kappa shape index (κ2) is 5.65. The first kappa shape index (κ1) is 12.7. The van der Waals surface area contributed by atoms with Crippen LogP contribution in [0.1, 0.15) is 24.2 Å². The molecular formula is C11H11BrO4. The average Bonchev–Trinajstić information content (AvgIpc) is 2.22. The Morgan fingerprint density at radius 3 is 2.69 bits per heavy atom. The Morgan fingerprint density at radius 2 is 2.19 bits per heavy atom. The van der Waals surface area contributed by atoms with Gasteiger partial charge in [-0.3, -0.25) is 9.59 Å². The van der Waals surface area contributed by atoms with Crippen molar-refractivity contribution < 1.29 is 19.1 Å². The molecule has 0 fully saturated rings. The highest BCUT2D eigenvalue weighted by Gasteiger charge is 2.13. The van der Waals surface area contributed by atoms with Gasteiger partial charge in [-0.05, 0) is 35.0 Å². The van der Waals surface area contributed by atoms with Crippen LogP contribution in [0.2, 0.25) is 0 Å². The first-order valence-electron chi connectivity index (χ1n) is 4.68. The van der Waals surface area contributed by atoms with E-state index in [0.717, 1.165) is 0 Å². The molecule has 0 radical (unpaired) electrons. The van der Waals surface area contributed by atoms with E-state index in [1.54, 1.807) is 13.0 Å². The zero-order valence-corrected chi connectivity index (χ0v) is 10.5. The molecule has 0 aliphatic rings. The van der Waals surface area contributed by atoms with Gasteiger partial charge in [0, 0.05) is 12.5 Å². The number of ether oxygens (including phenoxy) is 2. The van der Waals surface area contributed by atoms with Crippen molar-refractivity contribution in [3.8, 4) is 11.5 Å². The fourth-order valence-electron chi connectivity index (χ4n) is 1.16. The van der Waals surface area contributed by atoms with Crippen molar-refractivity contribution in [3.63, 3.8) is 0 Å². The maximum Gasteiger partial charge on any atom is 0.308 e. The molecule has 0 spiro atoms. The molecule has 0 N–H and O–H groups in total. The minimum absolute atomic E-state index is 0.292. The fourth-order valence-corrected chi connectivity index (χ4v) is 1.70. The van der Waals surface area contributed by atoms with Crippen molar-refractivity contribution in [2.45, 2.75) is 13.8 Å². The lowest BCUT2D eigenvalue weighted by molar-refractivity contribution is -0.132. The van der Waals surface area contributed by atoms with Crippen molar-refractivity contribution in [2.75, 3.05) is 6.61 Å². The first-order chi connectivity index (χ1) is 7.58. The van der Waals surface area contributed by atoms with Crippen molar-refractivity contribution in [3.05, 3.63) is 22.2 Å². The summed E-state index contributed by atoms with van der Waals surface area (Å²) in [6.07, 6.45) is 0.699. The van der Waals surface area contributed by atoms with Crippen LogP contribution in [-0.4, -0.2) is 18.9 Å². The Balaban J connectivity index is 3.21. The Kier molecular flexibility index (Phi) is 4.49. The lowest BCUT2D eigenvalue weighted by atomic mass is 10.2. The summed E-state index contributed by atoms with van der Waals surface area (Å²) in [5, 5.41) is 0. The quantitative estimate of drug-likeness (QED) is 0.485. The van der Waals surface area contributed by atoms with Crippen LogP contribution in [0, 0.1) is 0 Å². The van der Waals surface area contributed by atoms with E-state index < -0.39 is 5.97 Å². The fraction of sp³-hybridized carbons (Fsp3) is 0.273. The minimum atomic E-state index is -0.444. The number of carbonyl (C=O) groups excluding carboxylic acids is 2. The van der Waals surface area contributed by atoms with E-state index >= 15 is 0 Å². The molecule has 0 saturated carbocycles. The van der Waals surface area contributed by atoms with Gasteiger partial charge in [-0.15, -0.1) is 0 Å². The number of esters is 1. The molecule has 0 bridgehead atoms. The monoisotopic (exact) mass is 286 g/mol. The normalized spacial score (nSPS) is 9.69. The molecule has 0 unspecified atom stereocenters. The van der Waals surface area contributed by atoms with Gasteiger partial charge in [-0.2, -0.15) is 0 Å². The topological polar surface area (TPSA) is 52.6 Å². The van der Waals surface area contributed by atoms with E-state index in [2.05, 4.69) is 15.9 Å². The SMILES string of the molecule is CCOc1cc(C=O)cc(Br)c1OC(C)=O. The molecule has 86 valence electrons. The third-order valence-electron chi connectivity index (χ3n) is 1.71. The Bertz CT molecular complexity index is 415. The van der Waals surface area contributed by atoms with Crippen LogP contribution in [0.25, 0.3) is 0 Å². The molecule has 1 rings (SSSR count). The maximum absolute atomic E-state index is 10.9. The van der Waals surface area contributed by atoms with Gasteiger partial charge in [0.1, 0.15) is 6.29 Å². The second-order valence-corrected chi connectivity index (χ2v) is 3.83. The number of benzene rings is 1. The zero-order chi connectivity index (χ0) is 12.1. The van der Waals surface area contributed by atoms with Gasteiger partial charge < -0.3 is 9.47 Å². The molecule has 16 heavy (non-hydrogen) atoms. The third kappa shape index (κ3) is 3.06. The summed E-state index contributed by atoms with van der Waals surface area (Å²) in [5.74, 6) is 0.217. The number of rotatable bonds is 4. The predicted molar refractivity (Wildman–Crippen MR) is 62.0 cm³/mol. The summed E-state index contributed by atoms with van der Waals surface area (Å²) < 4.78 is 10.8. The van der Waals surface area contributed by atoms with Crippen molar-refractivity contribution in [1.82, 2.24) is 0 Å². The molecule has 0 aliphatic heterocycles. The largest absolute Gasteiger partial charge is 0.490 e. The molecule has 1 aromatic carbocycles. The van der Waals surface area contributed by atoms with Gasteiger partial charge >= 0.3 is 5.97 Å². The molecule has 5 heteroatoms. The Labute approximate surface area is 102 Å². The van der Waals surface area contributed by atoms with Gasteiger partial charge in [0.05, 0.1) is 11.1 Å². The predicted octanol–water partition coefficient (Wildman–Crippen LogP) is 2.59. The first-order valence-corrected chi connectivity index (χ1v) is 5.47. The summed E-state index contributed by atoms with van der Waals surface area (Å²) in [5.41, 5.74) is 0.450. The van der Waals surface area contributed by atoms with E-state index in [0.29, 0.717) is 34.4 Å². The average molecular weight is 287 g/mol. The number of halogens is 1. The van der Waals surface area contributed by atoms with Crippen LogP contribution in [0.5, 0.6) is 11.5 Å². The van der Waals surface area contributed by atoms with Crippen LogP contribution in [0.15, 0.2) is 16.6 Å². The summed E-state index contributed by atoms with van der Waals surface area (Å²) >= 11 is 3.22. The smallest absolute Gasteiger partial charge is 0.308 e. The van der Waals surface area contributed by atoms with Crippen molar-refractivity contribution in [1.29, 1.82) is 0 Å².